The normalized spacial score (nSPS) is 19.6. The molecular weight excluding hydrogens is 384 g/mol. The van der Waals surface area contributed by atoms with E-state index in [4.69, 9.17) is 14.2 Å². The molecule has 0 aromatic carbocycles. The third-order valence-corrected chi connectivity index (χ3v) is 5.50. The molecule has 2 saturated heterocycles. The van der Waals surface area contributed by atoms with Gasteiger partial charge < -0.3 is 29.7 Å². The lowest BCUT2D eigenvalue weighted by Crippen LogP contribution is -2.45. The Balaban J connectivity index is 1.51. The van der Waals surface area contributed by atoms with Crippen LogP contribution in [0.2, 0.25) is 0 Å². The van der Waals surface area contributed by atoms with Crippen molar-refractivity contribution in [1.82, 2.24) is 15.5 Å². The van der Waals surface area contributed by atoms with Crippen molar-refractivity contribution in [3.05, 3.63) is 0 Å². The Morgan fingerprint density at radius 1 is 1.10 bits per heavy atom. The highest BCUT2D eigenvalue weighted by molar-refractivity contribution is 5.79. The second-order valence-electron chi connectivity index (χ2n) is 9.27. The first-order valence-electron chi connectivity index (χ1n) is 11.5. The van der Waals surface area contributed by atoms with E-state index in [0.29, 0.717) is 11.8 Å². The number of hydrogen-bond donors (Lipinski definition) is 2. The quantitative estimate of drug-likeness (QED) is 0.353. The molecule has 0 radical (unpaired) electrons. The predicted molar refractivity (Wildman–Crippen MR) is 119 cm³/mol. The fourth-order valence-electron chi connectivity index (χ4n) is 3.65. The van der Waals surface area contributed by atoms with Crippen LogP contribution in [-0.2, 0) is 14.2 Å². The third kappa shape index (κ3) is 9.98. The average Bonchev–Trinajstić information content (AvgIpc) is 2.72. The lowest BCUT2D eigenvalue weighted by Gasteiger charge is -2.33. The molecule has 2 rings (SSSR count). The van der Waals surface area contributed by atoms with E-state index >= 15 is 0 Å². The summed E-state index contributed by atoms with van der Waals surface area (Å²) >= 11 is 0. The molecule has 2 N–H and O–H groups in total. The Bertz CT molecular complexity index is 522. The SMILES string of the molecule is CN=C(NCCCOCC1CCOCC1)NCC1CCN(C(=O)OC(C)(C)C)CC1. The summed E-state index contributed by atoms with van der Waals surface area (Å²) in [7, 11) is 1.79. The van der Waals surface area contributed by atoms with Crippen molar-refractivity contribution in [2.24, 2.45) is 16.8 Å². The van der Waals surface area contributed by atoms with Crippen molar-refractivity contribution in [3.8, 4) is 0 Å². The van der Waals surface area contributed by atoms with E-state index in [2.05, 4.69) is 15.6 Å². The molecule has 0 saturated carbocycles. The van der Waals surface area contributed by atoms with E-state index in [-0.39, 0.29) is 6.09 Å². The van der Waals surface area contributed by atoms with Gasteiger partial charge in [-0.25, -0.2) is 4.79 Å². The number of nitrogens with zero attached hydrogens (tertiary/aromatic N) is 2. The van der Waals surface area contributed by atoms with Crippen LogP contribution < -0.4 is 10.6 Å². The second kappa shape index (κ2) is 13.0. The van der Waals surface area contributed by atoms with E-state index in [1.54, 1.807) is 7.05 Å². The first kappa shape index (κ1) is 24.7. The van der Waals surface area contributed by atoms with E-state index in [1.165, 1.54) is 0 Å². The number of amides is 1. The number of carbonyl (C=O) groups is 1. The van der Waals surface area contributed by atoms with Crippen molar-refractivity contribution in [1.29, 1.82) is 0 Å². The van der Waals surface area contributed by atoms with Crippen molar-refractivity contribution in [2.45, 2.75) is 58.5 Å². The predicted octanol–water partition coefficient (Wildman–Crippen LogP) is 2.63. The minimum absolute atomic E-state index is 0.203. The van der Waals surface area contributed by atoms with Gasteiger partial charge in [-0.15, -0.1) is 0 Å². The molecule has 0 aromatic heterocycles. The average molecular weight is 427 g/mol. The Labute approximate surface area is 182 Å². The van der Waals surface area contributed by atoms with E-state index in [1.807, 2.05) is 25.7 Å². The van der Waals surface area contributed by atoms with Crippen molar-refractivity contribution < 1.29 is 19.0 Å². The van der Waals surface area contributed by atoms with Gasteiger partial charge in [0.15, 0.2) is 5.96 Å². The number of likely N-dealkylation sites (tertiary alicyclic amines) is 1. The zero-order valence-electron chi connectivity index (χ0n) is 19.4. The third-order valence-electron chi connectivity index (χ3n) is 5.50. The Morgan fingerprint density at radius 3 is 2.43 bits per heavy atom. The minimum atomic E-state index is -0.441. The fraction of sp³-hybridized carbons (Fsp3) is 0.909. The van der Waals surface area contributed by atoms with E-state index < -0.39 is 5.60 Å². The number of rotatable bonds is 8. The molecule has 0 aliphatic carbocycles. The first-order valence-corrected chi connectivity index (χ1v) is 11.5. The summed E-state index contributed by atoms with van der Waals surface area (Å²) in [5, 5.41) is 6.77. The number of aliphatic imine (C=N–C) groups is 1. The van der Waals surface area contributed by atoms with Gasteiger partial charge in [0, 0.05) is 59.7 Å². The number of guanidine groups is 1. The first-order chi connectivity index (χ1) is 14.4. The smallest absolute Gasteiger partial charge is 0.410 e. The van der Waals surface area contributed by atoms with Crippen molar-refractivity contribution in [3.63, 3.8) is 0 Å². The number of hydrogen-bond acceptors (Lipinski definition) is 5. The van der Waals surface area contributed by atoms with Crippen LogP contribution in [0.3, 0.4) is 0 Å². The van der Waals surface area contributed by atoms with Crippen LogP contribution in [0.4, 0.5) is 4.79 Å². The Kier molecular flexibility index (Phi) is 10.7. The summed E-state index contributed by atoms with van der Waals surface area (Å²) in [6.45, 7) is 12.3. The van der Waals surface area contributed by atoms with Gasteiger partial charge in [0.25, 0.3) is 0 Å². The Hall–Kier alpha value is -1.54. The molecule has 0 bridgehead atoms. The summed E-state index contributed by atoms with van der Waals surface area (Å²) in [5.74, 6) is 2.02. The molecule has 0 spiro atoms. The molecule has 1 amide bonds. The molecule has 0 unspecified atom stereocenters. The zero-order valence-corrected chi connectivity index (χ0v) is 19.4. The molecule has 2 heterocycles. The van der Waals surface area contributed by atoms with E-state index in [9.17, 15) is 4.79 Å². The van der Waals surface area contributed by atoms with Gasteiger partial charge in [-0.2, -0.15) is 0 Å². The summed E-state index contributed by atoms with van der Waals surface area (Å²) in [5.41, 5.74) is -0.441. The second-order valence-corrected chi connectivity index (χ2v) is 9.27. The van der Waals surface area contributed by atoms with Crippen LogP contribution in [0.25, 0.3) is 0 Å². The molecule has 30 heavy (non-hydrogen) atoms. The van der Waals surface area contributed by atoms with Crippen LogP contribution in [-0.4, -0.2) is 82.2 Å². The monoisotopic (exact) mass is 426 g/mol. The zero-order chi connectivity index (χ0) is 21.8. The van der Waals surface area contributed by atoms with Crippen LogP contribution >= 0.6 is 0 Å². The van der Waals surface area contributed by atoms with Gasteiger partial charge >= 0.3 is 6.09 Å². The lowest BCUT2D eigenvalue weighted by molar-refractivity contribution is 0.0185. The molecule has 2 fully saturated rings. The summed E-state index contributed by atoms with van der Waals surface area (Å²) in [6.07, 6.45) is 4.94. The number of nitrogens with one attached hydrogen (secondary N) is 2. The van der Waals surface area contributed by atoms with Crippen molar-refractivity contribution >= 4 is 12.1 Å². The van der Waals surface area contributed by atoms with Gasteiger partial charge in [-0.1, -0.05) is 0 Å². The molecular formula is C22H42N4O4. The molecule has 2 aliphatic heterocycles. The lowest BCUT2D eigenvalue weighted by atomic mass is 9.97. The summed E-state index contributed by atoms with van der Waals surface area (Å²) < 4.78 is 16.6. The van der Waals surface area contributed by atoms with Gasteiger partial charge in [0.2, 0.25) is 0 Å². The molecule has 8 heteroatoms. The molecule has 2 aliphatic rings. The largest absolute Gasteiger partial charge is 0.444 e. The maximum atomic E-state index is 12.2. The highest BCUT2D eigenvalue weighted by Crippen LogP contribution is 2.19. The van der Waals surface area contributed by atoms with Gasteiger partial charge in [0.1, 0.15) is 5.60 Å². The minimum Gasteiger partial charge on any atom is -0.444 e. The standard InChI is InChI=1S/C22H42N4O4/c1-22(2,3)30-21(27)26-11-6-18(7-12-26)16-25-20(23-4)24-10-5-13-29-17-19-8-14-28-15-9-19/h18-19H,5-17H2,1-4H3,(H2,23,24,25). The molecule has 8 nitrogen and oxygen atoms in total. The van der Waals surface area contributed by atoms with Gasteiger partial charge in [0.05, 0.1) is 0 Å². The summed E-state index contributed by atoms with van der Waals surface area (Å²) in [6, 6.07) is 0. The molecule has 0 aromatic rings. The summed E-state index contributed by atoms with van der Waals surface area (Å²) in [4.78, 5) is 18.3. The van der Waals surface area contributed by atoms with Crippen LogP contribution in [0.5, 0.6) is 0 Å². The fourth-order valence-corrected chi connectivity index (χ4v) is 3.65. The Morgan fingerprint density at radius 2 is 1.80 bits per heavy atom. The van der Waals surface area contributed by atoms with Crippen LogP contribution in [0.1, 0.15) is 52.9 Å². The van der Waals surface area contributed by atoms with E-state index in [0.717, 1.165) is 90.7 Å². The highest BCUT2D eigenvalue weighted by Gasteiger charge is 2.26. The maximum absolute atomic E-state index is 12.2. The highest BCUT2D eigenvalue weighted by atomic mass is 16.6. The van der Waals surface area contributed by atoms with Gasteiger partial charge in [-0.3, -0.25) is 4.99 Å². The molecule has 174 valence electrons. The molecule has 0 atom stereocenters. The van der Waals surface area contributed by atoms with Gasteiger partial charge in [-0.05, 0) is 64.7 Å². The van der Waals surface area contributed by atoms with Crippen LogP contribution in [0.15, 0.2) is 4.99 Å². The maximum Gasteiger partial charge on any atom is 0.410 e. The number of piperidine rings is 1. The number of carbonyl (C=O) groups excluding carboxylic acids is 1. The van der Waals surface area contributed by atoms with Crippen molar-refractivity contribution in [2.75, 3.05) is 59.7 Å². The topological polar surface area (TPSA) is 84.4 Å². The number of ether oxygens (including phenoxy) is 3. The van der Waals surface area contributed by atoms with Crippen LogP contribution in [0, 0.1) is 11.8 Å².